The molecule has 172 valence electrons. The molecule has 1 aliphatic rings. The van der Waals surface area contributed by atoms with Gasteiger partial charge in [-0.3, -0.25) is 4.98 Å². The van der Waals surface area contributed by atoms with Gasteiger partial charge in [-0.05, 0) is 99.5 Å². The van der Waals surface area contributed by atoms with E-state index in [1.54, 1.807) is 12.1 Å². The second-order valence-corrected chi connectivity index (χ2v) is 9.04. The van der Waals surface area contributed by atoms with Crippen LogP contribution in [0.2, 0.25) is 0 Å². The number of fused-ring (bicyclic) bond motifs is 4. The summed E-state index contributed by atoms with van der Waals surface area (Å²) >= 11 is 0. The standard InChI is InChI=1S/C27H30FN3O2/c1-17-5-7-22-25(31-17)9-10-26-27(22)33-21(16-32-26)13-18(11-12-29)3-2-4-19-15-30-24-8-6-20(28)14-23(19)24/h5-10,14-15,18,21,30H,2-4,11-13,16,29H2,1H3. The molecule has 0 bridgehead atoms. The molecule has 2 aromatic carbocycles. The van der Waals surface area contributed by atoms with Gasteiger partial charge in [-0.1, -0.05) is 0 Å². The Morgan fingerprint density at radius 3 is 2.94 bits per heavy atom. The normalized spacial score (nSPS) is 16.4. The lowest BCUT2D eigenvalue weighted by Gasteiger charge is -2.30. The number of H-pyrrole nitrogens is 1. The summed E-state index contributed by atoms with van der Waals surface area (Å²) in [5.74, 6) is 1.83. The number of hydrogen-bond donors (Lipinski definition) is 2. The number of aromatic amines is 1. The van der Waals surface area contributed by atoms with Gasteiger partial charge in [0.05, 0.1) is 5.52 Å². The van der Waals surface area contributed by atoms with Gasteiger partial charge in [0.2, 0.25) is 0 Å². The fourth-order valence-corrected chi connectivity index (χ4v) is 4.92. The van der Waals surface area contributed by atoms with Crippen LogP contribution in [0.5, 0.6) is 11.5 Å². The van der Waals surface area contributed by atoms with Gasteiger partial charge >= 0.3 is 0 Å². The van der Waals surface area contributed by atoms with Crippen molar-refractivity contribution in [3.05, 3.63) is 65.7 Å². The summed E-state index contributed by atoms with van der Waals surface area (Å²) in [5, 5.41) is 1.96. The molecule has 0 saturated carbocycles. The maximum atomic E-state index is 13.7. The molecule has 0 aliphatic carbocycles. The Morgan fingerprint density at radius 2 is 2.06 bits per heavy atom. The van der Waals surface area contributed by atoms with E-state index in [1.807, 2.05) is 31.3 Å². The van der Waals surface area contributed by atoms with Gasteiger partial charge in [0.15, 0.2) is 11.5 Å². The Morgan fingerprint density at radius 1 is 1.15 bits per heavy atom. The van der Waals surface area contributed by atoms with E-state index in [4.69, 9.17) is 15.2 Å². The fraction of sp³-hybridized carbons (Fsp3) is 0.370. The highest BCUT2D eigenvalue weighted by Crippen LogP contribution is 2.39. The van der Waals surface area contributed by atoms with Crippen molar-refractivity contribution in [3.63, 3.8) is 0 Å². The molecule has 3 N–H and O–H groups in total. The third kappa shape index (κ3) is 4.67. The molecule has 4 aromatic rings. The van der Waals surface area contributed by atoms with Crippen LogP contribution in [0.1, 0.15) is 36.9 Å². The molecule has 5 rings (SSSR count). The van der Waals surface area contributed by atoms with E-state index in [1.165, 1.54) is 6.07 Å². The maximum absolute atomic E-state index is 13.7. The second-order valence-electron chi connectivity index (χ2n) is 9.04. The number of rotatable bonds is 8. The molecule has 0 fully saturated rings. The fourth-order valence-electron chi connectivity index (χ4n) is 4.92. The van der Waals surface area contributed by atoms with Crippen LogP contribution in [0.25, 0.3) is 21.8 Å². The van der Waals surface area contributed by atoms with Crippen LogP contribution >= 0.6 is 0 Å². The SMILES string of the molecule is Cc1ccc2c3c(ccc2n1)OCC(CC(CCN)CCCc1c[nH]c2ccc(F)cc12)O3. The van der Waals surface area contributed by atoms with Gasteiger partial charge in [0, 0.05) is 28.2 Å². The Bertz CT molecular complexity index is 1270. The van der Waals surface area contributed by atoms with Crippen LogP contribution in [0, 0.1) is 18.7 Å². The van der Waals surface area contributed by atoms with Gasteiger partial charge in [-0.15, -0.1) is 0 Å². The first-order valence-electron chi connectivity index (χ1n) is 11.8. The van der Waals surface area contributed by atoms with E-state index in [9.17, 15) is 4.39 Å². The number of aryl methyl sites for hydroxylation is 2. The van der Waals surface area contributed by atoms with Crippen molar-refractivity contribution < 1.29 is 13.9 Å². The summed E-state index contributed by atoms with van der Waals surface area (Å²) in [4.78, 5) is 7.86. The zero-order valence-electron chi connectivity index (χ0n) is 18.9. The van der Waals surface area contributed by atoms with E-state index in [2.05, 4.69) is 16.0 Å². The third-order valence-corrected chi connectivity index (χ3v) is 6.59. The molecule has 33 heavy (non-hydrogen) atoms. The molecular weight excluding hydrogens is 417 g/mol. The van der Waals surface area contributed by atoms with Crippen LogP contribution in [0.4, 0.5) is 4.39 Å². The maximum Gasteiger partial charge on any atom is 0.171 e. The molecule has 0 amide bonds. The predicted octanol–water partition coefficient (Wildman–Crippen LogP) is 5.68. The van der Waals surface area contributed by atoms with E-state index in [-0.39, 0.29) is 11.9 Å². The molecule has 0 saturated heterocycles. The number of hydrogen-bond acceptors (Lipinski definition) is 4. The highest BCUT2D eigenvalue weighted by Gasteiger charge is 2.26. The molecule has 3 heterocycles. The van der Waals surface area contributed by atoms with Gasteiger partial charge in [0.1, 0.15) is 18.5 Å². The topological polar surface area (TPSA) is 73.2 Å². The number of aromatic nitrogens is 2. The van der Waals surface area contributed by atoms with E-state index in [0.29, 0.717) is 19.1 Å². The Hall–Kier alpha value is -3.12. The largest absolute Gasteiger partial charge is 0.486 e. The minimum atomic E-state index is -0.197. The molecule has 0 spiro atoms. The first-order chi connectivity index (χ1) is 16.1. The Labute approximate surface area is 193 Å². The van der Waals surface area contributed by atoms with E-state index in [0.717, 1.165) is 76.7 Å². The van der Waals surface area contributed by atoms with Crippen LogP contribution in [-0.2, 0) is 6.42 Å². The number of nitrogens with one attached hydrogen (secondary N) is 1. The number of nitrogens with zero attached hydrogens (tertiary/aromatic N) is 1. The van der Waals surface area contributed by atoms with Crippen LogP contribution in [0.3, 0.4) is 0 Å². The van der Waals surface area contributed by atoms with Gasteiger partial charge in [0.25, 0.3) is 0 Å². The minimum absolute atomic E-state index is 0.0110. The lowest BCUT2D eigenvalue weighted by atomic mass is 9.91. The molecule has 2 atom stereocenters. The first kappa shape index (κ1) is 21.7. The van der Waals surface area contributed by atoms with E-state index >= 15 is 0 Å². The summed E-state index contributed by atoms with van der Waals surface area (Å²) in [6, 6.07) is 12.9. The number of pyridine rings is 1. The third-order valence-electron chi connectivity index (χ3n) is 6.59. The Balaban J connectivity index is 1.24. The molecular formula is C27H30FN3O2. The molecule has 1 aliphatic heterocycles. The summed E-state index contributed by atoms with van der Waals surface area (Å²) in [5.41, 5.74) is 9.98. The van der Waals surface area contributed by atoms with Crippen LogP contribution in [0.15, 0.2) is 48.7 Å². The van der Waals surface area contributed by atoms with Gasteiger partial charge < -0.3 is 20.2 Å². The number of halogens is 1. The zero-order chi connectivity index (χ0) is 22.8. The van der Waals surface area contributed by atoms with Crippen molar-refractivity contribution >= 4 is 21.8 Å². The van der Waals surface area contributed by atoms with Gasteiger partial charge in [-0.25, -0.2) is 4.39 Å². The first-order valence-corrected chi connectivity index (χ1v) is 11.8. The average Bonchev–Trinajstić information content (AvgIpc) is 3.21. The molecule has 2 aromatic heterocycles. The molecule has 2 unspecified atom stereocenters. The van der Waals surface area contributed by atoms with Crippen molar-refractivity contribution in [2.45, 2.75) is 45.1 Å². The molecule has 6 heteroatoms. The van der Waals surface area contributed by atoms with Crippen molar-refractivity contribution in [3.8, 4) is 11.5 Å². The lowest BCUT2D eigenvalue weighted by Crippen LogP contribution is -2.32. The summed E-state index contributed by atoms with van der Waals surface area (Å²) in [6.45, 7) is 3.18. The van der Waals surface area contributed by atoms with E-state index < -0.39 is 0 Å². The molecule has 5 nitrogen and oxygen atoms in total. The quantitative estimate of drug-likeness (QED) is 0.364. The number of nitrogens with two attached hydrogens (primary N) is 1. The number of ether oxygens (including phenoxy) is 2. The smallest absolute Gasteiger partial charge is 0.171 e. The monoisotopic (exact) mass is 447 g/mol. The van der Waals surface area contributed by atoms with Crippen LogP contribution < -0.4 is 15.2 Å². The second kappa shape index (κ2) is 9.40. The lowest BCUT2D eigenvalue weighted by molar-refractivity contribution is 0.0716. The predicted molar refractivity (Wildman–Crippen MR) is 129 cm³/mol. The van der Waals surface area contributed by atoms with Crippen molar-refractivity contribution in [1.29, 1.82) is 0 Å². The summed E-state index contributed by atoms with van der Waals surface area (Å²) in [6.07, 6.45) is 6.80. The zero-order valence-corrected chi connectivity index (χ0v) is 18.9. The van der Waals surface area contributed by atoms with Crippen molar-refractivity contribution in [1.82, 2.24) is 9.97 Å². The highest BCUT2D eigenvalue weighted by atomic mass is 19.1. The molecule has 0 radical (unpaired) electrons. The van der Waals surface area contributed by atoms with Crippen molar-refractivity contribution in [2.24, 2.45) is 11.7 Å². The van der Waals surface area contributed by atoms with Crippen molar-refractivity contribution in [2.75, 3.05) is 13.2 Å². The summed E-state index contributed by atoms with van der Waals surface area (Å²) < 4.78 is 26.2. The average molecular weight is 448 g/mol. The van der Waals surface area contributed by atoms with Crippen LogP contribution in [-0.4, -0.2) is 29.2 Å². The minimum Gasteiger partial charge on any atom is -0.486 e. The summed E-state index contributed by atoms with van der Waals surface area (Å²) in [7, 11) is 0. The highest BCUT2D eigenvalue weighted by molar-refractivity contribution is 5.88. The van der Waals surface area contributed by atoms with Gasteiger partial charge in [-0.2, -0.15) is 0 Å². The Kier molecular flexibility index (Phi) is 6.18. The number of benzene rings is 2.